The molecule has 2 N–H and O–H groups in total. The maximum atomic E-state index is 5.59. The van der Waals surface area contributed by atoms with Crippen LogP contribution in [0.2, 0.25) is 0 Å². The number of amidine groups is 1. The zero-order valence-electron chi connectivity index (χ0n) is 9.74. The van der Waals surface area contributed by atoms with E-state index in [1.54, 1.807) is 0 Å². The molecule has 0 atom stereocenters. The van der Waals surface area contributed by atoms with Gasteiger partial charge >= 0.3 is 0 Å². The Balaban J connectivity index is 2.31. The molecule has 1 aromatic rings. The van der Waals surface area contributed by atoms with Gasteiger partial charge in [-0.1, -0.05) is 29.5 Å². The van der Waals surface area contributed by atoms with Crippen molar-refractivity contribution in [2.75, 3.05) is 6.26 Å². The average Bonchev–Trinajstić information content (AvgIpc) is 2.19. The van der Waals surface area contributed by atoms with Crippen molar-refractivity contribution in [3.63, 3.8) is 0 Å². The number of hydrogen-bond acceptors (Lipinski definition) is 3. The largest absolute Gasteiger partial charge is 0.377 e. The van der Waals surface area contributed by atoms with Gasteiger partial charge in [-0.2, -0.15) is 5.10 Å². The van der Waals surface area contributed by atoms with E-state index >= 15 is 0 Å². The first-order chi connectivity index (χ1) is 7.61. The summed E-state index contributed by atoms with van der Waals surface area (Å²) in [6.45, 7) is 4.23. The maximum Gasteiger partial charge on any atom is 0.180 e. The smallest absolute Gasteiger partial charge is 0.180 e. The van der Waals surface area contributed by atoms with E-state index in [1.165, 1.54) is 34.0 Å². The van der Waals surface area contributed by atoms with Crippen LogP contribution in [0.1, 0.15) is 22.3 Å². The Morgan fingerprint density at radius 1 is 1.38 bits per heavy atom. The highest BCUT2D eigenvalue weighted by Crippen LogP contribution is 2.28. The number of nitrogens with two attached hydrogens (primary N) is 1. The summed E-state index contributed by atoms with van der Waals surface area (Å²) in [5, 5.41) is 8.67. The third-order valence-corrected chi connectivity index (χ3v) is 3.19. The summed E-state index contributed by atoms with van der Waals surface area (Å²) < 4.78 is 0. The molecule has 0 aliphatic heterocycles. The predicted octanol–water partition coefficient (Wildman–Crippen LogP) is 2.24. The molecular formula is C12H15N3S. The quantitative estimate of drug-likeness (QED) is 0.459. The lowest BCUT2D eigenvalue weighted by molar-refractivity contribution is 1.11. The number of rotatable bonds is 1. The number of fused-ring (bicyclic) bond motifs is 1. The number of benzene rings is 1. The molecule has 1 aromatic carbocycles. The lowest BCUT2D eigenvalue weighted by Crippen LogP contribution is -2.22. The van der Waals surface area contributed by atoms with Gasteiger partial charge in [-0.3, -0.25) is 0 Å². The zero-order chi connectivity index (χ0) is 11.7. The van der Waals surface area contributed by atoms with Gasteiger partial charge in [-0.05, 0) is 31.2 Å². The van der Waals surface area contributed by atoms with Crippen molar-refractivity contribution in [2.45, 2.75) is 20.3 Å². The van der Waals surface area contributed by atoms with E-state index in [1.807, 2.05) is 6.26 Å². The Hall–Kier alpha value is -1.29. The first kappa shape index (κ1) is 11.2. The van der Waals surface area contributed by atoms with Gasteiger partial charge in [0.15, 0.2) is 5.17 Å². The topological polar surface area (TPSA) is 50.7 Å². The summed E-state index contributed by atoms with van der Waals surface area (Å²) in [7, 11) is 0. The molecule has 0 bridgehead atoms. The molecule has 0 aromatic heterocycles. The van der Waals surface area contributed by atoms with Crippen LogP contribution in [0, 0.1) is 13.8 Å². The van der Waals surface area contributed by atoms with Gasteiger partial charge in [0.1, 0.15) is 0 Å². The Bertz CT molecular complexity index is 472. The number of nitrogens with zero attached hydrogens (tertiary/aromatic N) is 2. The van der Waals surface area contributed by atoms with Gasteiger partial charge in [0.25, 0.3) is 0 Å². The predicted molar refractivity (Wildman–Crippen MR) is 71.3 cm³/mol. The third kappa shape index (κ3) is 1.97. The maximum absolute atomic E-state index is 5.59. The van der Waals surface area contributed by atoms with E-state index in [9.17, 15) is 0 Å². The van der Waals surface area contributed by atoms with Crippen LogP contribution >= 0.6 is 11.8 Å². The van der Waals surface area contributed by atoms with Crippen LogP contribution in [-0.2, 0) is 6.42 Å². The summed E-state index contributed by atoms with van der Waals surface area (Å²) >= 11 is 1.41. The van der Waals surface area contributed by atoms with Crippen LogP contribution in [0.25, 0.3) is 0 Å². The van der Waals surface area contributed by atoms with Crippen molar-refractivity contribution < 1.29 is 0 Å². The standard InChI is InChI=1S/C12H15N3S/c1-7-4-8(2)11-9(5-7)6-10(11)14-15-12(13)16-3/h4-5H,6H2,1-3H3,(H2,13,15). The lowest BCUT2D eigenvalue weighted by Gasteiger charge is -2.23. The fraction of sp³-hybridized carbons (Fsp3) is 0.333. The first-order valence-electron chi connectivity index (χ1n) is 5.16. The van der Waals surface area contributed by atoms with Crippen LogP contribution in [-0.4, -0.2) is 17.1 Å². The van der Waals surface area contributed by atoms with Crippen molar-refractivity contribution in [1.29, 1.82) is 0 Å². The van der Waals surface area contributed by atoms with E-state index in [-0.39, 0.29) is 0 Å². The second-order valence-corrected chi connectivity index (χ2v) is 4.81. The molecule has 0 radical (unpaired) electrons. The molecule has 0 amide bonds. The van der Waals surface area contributed by atoms with Gasteiger partial charge in [0, 0.05) is 12.0 Å². The molecule has 1 aliphatic rings. The SMILES string of the molecule is CSC(N)=NN=C1Cc2cc(C)cc(C)c21. The molecule has 0 unspecified atom stereocenters. The van der Waals surface area contributed by atoms with Crippen LogP contribution in [0.3, 0.4) is 0 Å². The normalized spacial score (nSPS) is 17.2. The molecule has 0 heterocycles. The first-order valence-corrected chi connectivity index (χ1v) is 6.38. The minimum absolute atomic E-state index is 0.505. The highest BCUT2D eigenvalue weighted by Gasteiger charge is 2.23. The van der Waals surface area contributed by atoms with Crippen molar-refractivity contribution >= 4 is 22.6 Å². The zero-order valence-corrected chi connectivity index (χ0v) is 10.6. The molecule has 16 heavy (non-hydrogen) atoms. The third-order valence-electron chi connectivity index (χ3n) is 2.69. The lowest BCUT2D eigenvalue weighted by atomic mass is 9.82. The van der Waals surface area contributed by atoms with Gasteiger partial charge in [0.2, 0.25) is 0 Å². The van der Waals surface area contributed by atoms with E-state index in [0.717, 1.165) is 12.1 Å². The molecule has 0 saturated heterocycles. The second kappa shape index (κ2) is 4.29. The average molecular weight is 233 g/mol. The van der Waals surface area contributed by atoms with Gasteiger partial charge < -0.3 is 5.73 Å². The molecule has 84 valence electrons. The summed E-state index contributed by atoms with van der Waals surface area (Å²) in [5.41, 5.74) is 11.8. The van der Waals surface area contributed by atoms with Crippen molar-refractivity contribution in [3.8, 4) is 0 Å². The Kier molecular flexibility index (Phi) is 3.01. The monoisotopic (exact) mass is 233 g/mol. The number of aryl methyl sites for hydroxylation is 2. The molecular weight excluding hydrogens is 218 g/mol. The van der Waals surface area contributed by atoms with Gasteiger partial charge in [0.05, 0.1) is 5.71 Å². The Labute approximate surface area is 99.8 Å². The van der Waals surface area contributed by atoms with Gasteiger partial charge in [-0.25, -0.2) is 0 Å². The summed E-state index contributed by atoms with van der Waals surface area (Å²) in [6.07, 6.45) is 2.80. The summed E-state index contributed by atoms with van der Waals surface area (Å²) in [4.78, 5) is 0. The summed E-state index contributed by atoms with van der Waals surface area (Å²) in [6, 6.07) is 4.39. The van der Waals surface area contributed by atoms with E-state index in [2.05, 4.69) is 36.2 Å². The molecule has 1 aliphatic carbocycles. The Morgan fingerprint density at radius 3 is 2.75 bits per heavy atom. The van der Waals surface area contributed by atoms with Crippen LogP contribution in [0.15, 0.2) is 22.3 Å². The molecule has 0 spiro atoms. The highest BCUT2D eigenvalue weighted by molar-refractivity contribution is 8.13. The molecule has 0 saturated carbocycles. The van der Waals surface area contributed by atoms with Crippen LogP contribution in [0.5, 0.6) is 0 Å². The van der Waals surface area contributed by atoms with Gasteiger partial charge in [-0.15, -0.1) is 5.10 Å². The van der Waals surface area contributed by atoms with Crippen molar-refractivity contribution in [2.24, 2.45) is 15.9 Å². The van der Waals surface area contributed by atoms with Crippen molar-refractivity contribution in [3.05, 3.63) is 34.4 Å². The fourth-order valence-corrected chi connectivity index (χ4v) is 2.13. The molecule has 3 nitrogen and oxygen atoms in total. The number of hydrogen-bond donors (Lipinski definition) is 1. The van der Waals surface area contributed by atoms with E-state index in [0.29, 0.717) is 5.17 Å². The van der Waals surface area contributed by atoms with E-state index < -0.39 is 0 Å². The molecule has 0 fully saturated rings. The van der Waals surface area contributed by atoms with E-state index in [4.69, 9.17) is 5.73 Å². The minimum atomic E-state index is 0.505. The highest BCUT2D eigenvalue weighted by atomic mass is 32.2. The van der Waals surface area contributed by atoms with Crippen LogP contribution in [0.4, 0.5) is 0 Å². The number of thioether (sulfide) groups is 1. The minimum Gasteiger partial charge on any atom is -0.377 e. The molecule has 2 rings (SSSR count). The van der Waals surface area contributed by atoms with Crippen molar-refractivity contribution in [1.82, 2.24) is 0 Å². The summed E-state index contributed by atoms with van der Waals surface area (Å²) in [5.74, 6) is 0. The second-order valence-electron chi connectivity index (χ2n) is 3.98. The fourth-order valence-electron chi connectivity index (χ4n) is 2.01. The Morgan fingerprint density at radius 2 is 2.12 bits per heavy atom. The molecule has 4 heteroatoms. The van der Waals surface area contributed by atoms with Crippen LogP contribution < -0.4 is 5.73 Å².